The summed E-state index contributed by atoms with van der Waals surface area (Å²) in [7, 11) is 0. The molecule has 3 nitrogen and oxygen atoms in total. The Balaban J connectivity index is 2.19. The normalized spacial score (nSPS) is 10.1. The summed E-state index contributed by atoms with van der Waals surface area (Å²) in [6.45, 7) is 0. The molecule has 0 aromatic heterocycles. The molecule has 0 heterocycles. The molecule has 0 aliphatic heterocycles. The molecule has 0 bridgehead atoms. The molecule has 0 atom stereocenters. The maximum absolute atomic E-state index is 12.1. The van der Waals surface area contributed by atoms with E-state index in [4.69, 9.17) is 0 Å². The number of rotatable bonds is 3. The number of nitrogens with one attached hydrogen (secondary N) is 1. The summed E-state index contributed by atoms with van der Waals surface area (Å²) >= 11 is 0.281. The van der Waals surface area contributed by atoms with Crippen molar-refractivity contribution in [3.8, 4) is 5.75 Å². The number of anilines is 1. The van der Waals surface area contributed by atoms with Crippen molar-refractivity contribution in [1.82, 2.24) is 0 Å². The summed E-state index contributed by atoms with van der Waals surface area (Å²) in [5.41, 5.74) is 1.39. The Morgan fingerprint density at radius 2 is 1.78 bits per heavy atom. The number of hydrogen-bond acceptors (Lipinski definition) is 2. The molecule has 0 saturated carbocycles. The van der Waals surface area contributed by atoms with E-state index in [9.17, 15) is 9.90 Å². The van der Waals surface area contributed by atoms with E-state index in [0.717, 1.165) is 4.46 Å². The zero-order valence-electron chi connectivity index (χ0n) is 9.88. The second-order valence-electron chi connectivity index (χ2n) is 3.70. The fraction of sp³-hybridized carbons (Fsp3) is 0.0714. The molecule has 2 N–H and O–H groups in total. The molecule has 0 saturated heterocycles. The zero-order valence-corrected chi connectivity index (χ0v) is 11.6. The van der Waals surface area contributed by atoms with E-state index >= 15 is 0 Å². The van der Waals surface area contributed by atoms with E-state index in [2.05, 4.69) is 11.1 Å². The van der Waals surface area contributed by atoms with Crippen LogP contribution >= 0.6 is 0 Å². The molecule has 0 unspecified atom stereocenters. The predicted octanol–water partition coefficient (Wildman–Crippen LogP) is 2.02. The van der Waals surface area contributed by atoms with Gasteiger partial charge in [0.25, 0.3) is 0 Å². The number of benzene rings is 2. The number of phenolic OH excluding ortho intramolecular Hbond substituents is 1. The molecule has 0 aliphatic rings. The van der Waals surface area contributed by atoms with Crippen molar-refractivity contribution < 1.29 is 9.90 Å². The average Bonchev–Trinajstić information content (AvgIpc) is 2.41. The van der Waals surface area contributed by atoms with Gasteiger partial charge in [-0.25, -0.2) is 0 Å². The summed E-state index contributed by atoms with van der Waals surface area (Å²) in [5, 5.41) is 12.0. The van der Waals surface area contributed by atoms with Gasteiger partial charge in [0.05, 0.1) is 0 Å². The molecule has 1 amide bonds. The van der Waals surface area contributed by atoms with Crippen molar-refractivity contribution in [2.75, 3.05) is 5.32 Å². The molecular formula is C14H13NO2Se. The molecule has 0 radical (unpaired) electrons. The molecule has 0 aliphatic carbocycles. The van der Waals surface area contributed by atoms with Crippen molar-refractivity contribution in [1.29, 1.82) is 0 Å². The SMILES string of the molecule is C[Se]c1ccccc1C(=O)Nc1ccc(O)cc1. The van der Waals surface area contributed by atoms with Gasteiger partial charge in [0, 0.05) is 0 Å². The Hall–Kier alpha value is -1.77. The number of carbonyl (C=O) groups is 1. The van der Waals surface area contributed by atoms with Crippen molar-refractivity contribution in [3.63, 3.8) is 0 Å². The average molecular weight is 306 g/mol. The van der Waals surface area contributed by atoms with Crippen LogP contribution in [0.4, 0.5) is 5.69 Å². The number of hydrogen-bond donors (Lipinski definition) is 2. The van der Waals surface area contributed by atoms with Gasteiger partial charge >= 0.3 is 112 Å². The number of amides is 1. The van der Waals surface area contributed by atoms with E-state index in [1.54, 1.807) is 24.3 Å². The summed E-state index contributed by atoms with van der Waals surface area (Å²) < 4.78 is 1.08. The van der Waals surface area contributed by atoms with Crippen LogP contribution in [0.15, 0.2) is 48.5 Å². The Labute approximate surface area is 112 Å². The minimum absolute atomic E-state index is 0.111. The fourth-order valence-electron chi connectivity index (χ4n) is 1.58. The van der Waals surface area contributed by atoms with Crippen LogP contribution in [0, 0.1) is 0 Å². The van der Waals surface area contributed by atoms with Gasteiger partial charge in [-0.05, 0) is 0 Å². The van der Waals surface area contributed by atoms with Gasteiger partial charge in [-0.2, -0.15) is 0 Å². The van der Waals surface area contributed by atoms with Crippen molar-refractivity contribution in [3.05, 3.63) is 54.1 Å². The number of carbonyl (C=O) groups excluding carboxylic acids is 1. The van der Waals surface area contributed by atoms with Gasteiger partial charge in [-0.1, -0.05) is 0 Å². The van der Waals surface area contributed by atoms with Crippen molar-refractivity contribution >= 4 is 31.0 Å². The molecule has 0 fully saturated rings. The first kappa shape index (κ1) is 12.7. The fourth-order valence-corrected chi connectivity index (χ4v) is 2.82. The van der Waals surface area contributed by atoms with Crippen molar-refractivity contribution in [2.45, 2.75) is 5.82 Å². The molecule has 4 heteroatoms. The number of phenols is 1. The van der Waals surface area contributed by atoms with Crippen LogP contribution in [0.5, 0.6) is 5.75 Å². The van der Waals surface area contributed by atoms with Gasteiger partial charge in [0.2, 0.25) is 0 Å². The first-order valence-corrected chi connectivity index (χ1v) is 8.01. The van der Waals surface area contributed by atoms with Crippen LogP contribution in [-0.2, 0) is 0 Å². The third-order valence-electron chi connectivity index (χ3n) is 2.48. The zero-order chi connectivity index (χ0) is 13.0. The number of aromatic hydroxyl groups is 1. The van der Waals surface area contributed by atoms with E-state index in [1.807, 2.05) is 24.3 Å². The minimum atomic E-state index is -0.111. The Kier molecular flexibility index (Phi) is 4.03. The van der Waals surface area contributed by atoms with Gasteiger partial charge in [-0.15, -0.1) is 0 Å². The molecule has 2 rings (SSSR count). The first-order valence-electron chi connectivity index (χ1n) is 5.44. The molecular weight excluding hydrogens is 293 g/mol. The summed E-state index contributed by atoms with van der Waals surface area (Å²) in [4.78, 5) is 12.1. The standard InChI is InChI=1S/C14H13NO2Se/c1-18-13-5-3-2-4-12(13)14(17)15-10-6-8-11(16)9-7-10/h2-9,16H,1H3,(H,15,17). The van der Waals surface area contributed by atoms with Crippen LogP contribution in [-0.4, -0.2) is 26.0 Å². The van der Waals surface area contributed by atoms with Crippen LogP contribution in [0.2, 0.25) is 5.82 Å². The Morgan fingerprint density at radius 1 is 1.11 bits per heavy atom. The van der Waals surface area contributed by atoms with E-state index < -0.39 is 0 Å². The molecule has 92 valence electrons. The second-order valence-corrected chi connectivity index (χ2v) is 5.48. The van der Waals surface area contributed by atoms with Crippen LogP contribution in [0.1, 0.15) is 10.4 Å². The van der Waals surface area contributed by atoms with Gasteiger partial charge < -0.3 is 0 Å². The van der Waals surface area contributed by atoms with Gasteiger partial charge in [0.1, 0.15) is 0 Å². The van der Waals surface area contributed by atoms with Crippen molar-refractivity contribution in [2.24, 2.45) is 0 Å². The summed E-state index contributed by atoms with van der Waals surface area (Å²) in [5.74, 6) is 2.16. The first-order chi connectivity index (χ1) is 8.70. The van der Waals surface area contributed by atoms with Crippen LogP contribution < -0.4 is 9.78 Å². The summed E-state index contributed by atoms with van der Waals surface area (Å²) in [6.07, 6.45) is 0. The molecule has 0 spiro atoms. The molecule has 2 aromatic rings. The van der Waals surface area contributed by atoms with Crippen LogP contribution in [0.25, 0.3) is 0 Å². The van der Waals surface area contributed by atoms with Gasteiger partial charge in [0.15, 0.2) is 0 Å². The van der Waals surface area contributed by atoms with Gasteiger partial charge in [-0.3, -0.25) is 0 Å². The molecule has 2 aromatic carbocycles. The quantitative estimate of drug-likeness (QED) is 0.673. The van der Waals surface area contributed by atoms with E-state index in [0.29, 0.717) is 11.3 Å². The second kappa shape index (κ2) is 5.71. The topological polar surface area (TPSA) is 49.3 Å². The van der Waals surface area contributed by atoms with E-state index in [1.165, 1.54) is 0 Å². The maximum atomic E-state index is 12.1. The Morgan fingerprint density at radius 3 is 2.44 bits per heavy atom. The van der Waals surface area contributed by atoms with Crippen LogP contribution in [0.3, 0.4) is 0 Å². The Bertz CT molecular complexity index is 552. The van der Waals surface area contributed by atoms with E-state index in [-0.39, 0.29) is 26.6 Å². The third-order valence-corrected chi connectivity index (χ3v) is 4.15. The third kappa shape index (κ3) is 2.91. The molecule has 18 heavy (non-hydrogen) atoms. The monoisotopic (exact) mass is 307 g/mol. The predicted molar refractivity (Wildman–Crippen MR) is 73.8 cm³/mol. The summed E-state index contributed by atoms with van der Waals surface area (Å²) in [6, 6.07) is 14.1.